The van der Waals surface area contributed by atoms with Crippen molar-refractivity contribution in [1.82, 2.24) is 3.71 Å². The SMILES string of the molecule is Cc1ccc(S(=O)(=O)N2C(c3ccccc3)C(C)(C)O[S+]2O)cc1. The van der Waals surface area contributed by atoms with Gasteiger partial charge in [0.2, 0.25) is 0 Å². The highest BCUT2D eigenvalue weighted by Crippen LogP contribution is 2.47. The fraction of sp³-hybridized carbons (Fsp3) is 0.294. The van der Waals surface area contributed by atoms with Crippen LogP contribution in [0.4, 0.5) is 0 Å². The molecule has 2 aromatic carbocycles. The van der Waals surface area contributed by atoms with E-state index in [-0.39, 0.29) is 4.90 Å². The zero-order valence-electron chi connectivity index (χ0n) is 13.7. The lowest BCUT2D eigenvalue weighted by atomic mass is 9.93. The van der Waals surface area contributed by atoms with E-state index < -0.39 is 33.3 Å². The summed E-state index contributed by atoms with van der Waals surface area (Å²) in [5, 5.41) is 0. The summed E-state index contributed by atoms with van der Waals surface area (Å²) in [6.45, 7) is 5.46. The summed E-state index contributed by atoms with van der Waals surface area (Å²) in [4.78, 5) is 0.141. The second kappa shape index (κ2) is 6.16. The van der Waals surface area contributed by atoms with Crippen LogP contribution >= 0.6 is 0 Å². The second-order valence-corrected chi connectivity index (χ2v) is 9.37. The molecule has 2 atom stereocenters. The molecule has 0 amide bonds. The molecule has 1 heterocycles. The number of hydrogen-bond donors (Lipinski definition) is 1. The quantitative estimate of drug-likeness (QED) is 0.845. The smallest absolute Gasteiger partial charge is 0.203 e. The third-order valence-corrected chi connectivity index (χ3v) is 7.60. The molecule has 0 aromatic heterocycles. The largest absolute Gasteiger partial charge is 0.438 e. The summed E-state index contributed by atoms with van der Waals surface area (Å²) in [5.74, 6) is 0. The molecule has 128 valence electrons. The van der Waals surface area contributed by atoms with Crippen molar-refractivity contribution in [2.24, 2.45) is 0 Å². The molecule has 1 aliphatic rings. The first-order valence-corrected chi connectivity index (χ1v) is 10.0. The Kier molecular flexibility index (Phi) is 4.48. The van der Waals surface area contributed by atoms with E-state index in [1.165, 1.54) is 0 Å². The summed E-state index contributed by atoms with van der Waals surface area (Å²) in [7, 11) is -3.90. The molecule has 1 aliphatic heterocycles. The van der Waals surface area contributed by atoms with Gasteiger partial charge in [0.15, 0.2) is 5.60 Å². The minimum Gasteiger partial charge on any atom is -0.203 e. The van der Waals surface area contributed by atoms with Gasteiger partial charge in [0.25, 0.3) is 10.0 Å². The maximum absolute atomic E-state index is 13.1. The van der Waals surface area contributed by atoms with Crippen LogP contribution < -0.4 is 0 Å². The van der Waals surface area contributed by atoms with Crippen molar-refractivity contribution in [1.29, 1.82) is 0 Å². The van der Waals surface area contributed by atoms with Crippen molar-refractivity contribution in [3.63, 3.8) is 0 Å². The molecular weight excluding hydrogens is 346 g/mol. The Hall–Kier alpha value is -1.38. The molecule has 0 saturated carbocycles. The number of nitrogens with zero attached hydrogens (tertiary/aromatic N) is 1. The third kappa shape index (κ3) is 2.98. The highest BCUT2D eigenvalue weighted by molar-refractivity contribution is 8.02. The molecule has 0 spiro atoms. The lowest BCUT2D eigenvalue weighted by molar-refractivity contribution is 0.110. The van der Waals surface area contributed by atoms with Crippen molar-refractivity contribution in [3.8, 4) is 0 Å². The van der Waals surface area contributed by atoms with Crippen LogP contribution in [-0.2, 0) is 25.8 Å². The maximum Gasteiger partial charge on any atom is 0.438 e. The van der Waals surface area contributed by atoms with E-state index in [0.717, 1.165) is 14.8 Å². The highest BCUT2D eigenvalue weighted by atomic mass is 32.3. The topological polar surface area (TPSA) is 66.8 Å². The molecule has 1 N–H and O–H groups in total. The van der Waals surface area contributed by atoms with Gasteiger partial charge < -0.3 is 0 Å². The zero-order valence-corrected chi connectivity index (χ0v) is 15.3. The molecule has 1 saturated heterocycles. The van der Waals surface area contributed by atoms with Gasteiger partial charge in [-0.3, -0.25) is 0 Å². The molecule has 0 aliphatic carbocycles. The molecule has 7 heteroatoms. The average Bonchev–Trinajstić information content (AvgIpc) is 2.78. The van der Waals surface area contributed by atoms with Gasteiger partial charge in [-0.2, -0.15) is 0 Å². The highest BCUT2D eigenvalue weighted by Gasteiger charge is 2.64. The first kappa shape index (κ1) is 17.4. The Labute approximate surface area is 145 Å². The number of benzene rings is 2. The number of sulfonamides is 1. The first-order valence-electron chi connectivity index (χ1n) is 7.52. The van der Waals surface area contributed by atoms with Gasteiger partial charge in [-0.25, -0.2) is 8.42 Å². The average molecular weight is 366 g/mol. The van der Waals surface area contributed by atoms with Crippen LogP contribution in [-0.4, -0.2) is 22.3 Å². The molecule has 2 aromatic rings. The molecule has 0 radical (unpaired) electrons. The van der Waals surface area contributed by atoms with Crippen LogP contribution in [0.25, 0.3) is 0 Å². The Morgan fingerprint density at radius 1 is 1.08 bits per heavy atom. The van der Waals surface area contributed by atoms with Gasteiger partial charge in [-0.1, -0.05) is 48.0 Å². The van der Waals surface area contributed by atoms with Gasteiger partial charge in [0, 0.05) is 0 Å². The molecule has 2 unspecified atom stereocenters. The van der Waals surface area contributed by atoms with Crippen LogP contribution in [0.3, 0.4) is 0 Å². The summed E-state index contributed by atoms with van der Waals surface area (Å²) in [5.41, 5.74) is 0.897. The normalized spacial score (nSPS) is 24.2. The van der Waals surface area contributed by atoms with Crippen LogP contribution in [0.2, 0.25) is 0 Å². The van der Waals surface area contributed by atoms with Crippen molar-refractivity contribution < 1.29 is 17.2 Å². The fourth-order valence-electron chi connectivity index (χ4n) is 2.81. The standard InChI is InChI=1S/C17H20NO4S2/c1-13-9-11-15(12-10-13)24(20,21)18-16(14-7-5-4-6-8-14)17(2,3)22-23(18)19/h4-12,16,19H,1-3H3/q+1. The van der Waals surface area contributed by atoms with Gasteiger partial charge in [-0.15, -0.1) is 8.74 Å². The van der Waals surface area contributed by atoms with Crippen molar-refractivity contribution in [3.05, 3.63) is 65.7 Å². The summed E-state index contributed by atoms with van der Waals surface area (Å²) in [6, 6.07) is 15.2. The molecule has 24 heavy (non-hydrogen) atoms. The monoisotopic (exact) mass is 366 g/mol. The van der Waals surface area contributed by atoms with E-state index in [0.29, 0.717) is 0 Å². The van der Waals surface area contributed by atoms with Gasteiger partial charge in [0.05, 0.1) is 8.61 Å². The predicted molar refractivity (Wildman–Crippen MR) is 94.5 cm³/mol. The lowest BCUT2D eigenvalue weighted by Crippen LogP contribution is -2.38. The van der Waals surface area contributed by atoms with Crippen LogP contribution in [0.15, 0.2) is 59.5 Å². The minimum absolute atomic E-state index is 0.141. The van der Waals surface area contributed by atoms with Gasteiger partial charge in [0.1, 0.15) is 6.04 Å². The summed E-state index contributed by atoms with van der Waals surface area (Å²) in [6.07, 6.45) is 0. The van der Waals surface area contributed by atoms with E-state index in [4.69, 9.17) is 4.18 Å². The number of aryl methyl sites for hydroxylation is 1. The van der Waals surface area contributed by atoms with Crippen LogP contribution in [0, 0.1) is 6.92 Å². The van der Waals surface area contributed by atoms with E-state index in [1.807, 2.05) is 37.3 Å². The Morgan fingerprint density at radius 2 is 1.67 bits per heavy atom. The molecule has 5 nitrogen and oxygen atoms in total. The number of hydrogen-bond acceptors (Lipinski definition) is 4. The fourth-order valence-corrected chi connectivity index (χ4v) is 6.28. The van der Waals surface area contributed by atoms with Gasteiger partial charge >= 0.3 is 11.6 Å². The molecule has 3 rings (SSSR count). The lowest BCUT2D eigenvalue weighted by Gasteiger charge is -2.23. The molecular formula is C17H20NO4S2+. The summed E-state index contributed by atoms with van der Waals surface area (Å²) < 4.78 is 43.3. The van der Waals surface area contributed by atoms with E-state index in [1.54, 1.807) is 38.1 Å². The maximum atomic E-state index is 13.1. The second-order valence-electron chi connectivity index (χ2n) is 6.30. The van der Waals surface area contributed by atoms with Crippen molar-refractivity contribution >= 4 is 21.7 Å². The number of rotatable bonds is 3. The van der Waals surface area contributed by atoms with E-state index >= 15 is 0 Å². The summed E-state index contributed by atoms with van der Waals surface area (Å²) >= 11 is -1.84. The van der Waals surface area contributed by atoms with Crippen molar-refractivity contribution in [2.75, 3.05) is 0 Å². The van der Waals surface area contributed by atoms with Crippen molar-refractivity contribution in [2.45, 2.75) is 37.3 Å². The van der Waals surface area contributed by atoms with Crippen LogP contribution in [0.5, 0.6) is 0 Å². The van der Waals surface area contributed by atoms with Crippen LogP contribution in [0.1, 0.15) is 31.0 Å². The molecule has 0 bridgehead atoms. The third-order valence-electron chi connectivity index (χ3n) is 3.98. The Bertz CT molecular complexity index is 819. The minimum atomic E-state index is -3.90. The Balaban J connectivity index is 2.11. The molecule has 1 fully saturated rings. The van der Waals surface area contributed by atoms with E-state index in [9.17, 15) is 13.0 Å². The van der Waals surface area contributed by atoms with Gasteiger partial charge in [-0.05, 0) is 38.5 Å². The Morgan fingerprint density at radius 3 is 2.25 bits per heavy atom. The zero-order chi connectivity index (χ0) is 17.5. The first-order chi connectivity index (χ1) is 11.2. The predicted octanol–water partition coefficient (Wildman–Crippen LogP) is 3.46. The van der Waals surface area contributed by atoms with E-state index in [2.05, 4.69) is 0 Å².